The Bertz CT molecular complexity index is 674. The summed E-state index contributed by atoms with van der Waals surface area (Å²) in [5, 5.41) is 22.6. The molecule has 5 N–H and O–H groups in total. The summed E-state index contributed by atoms with van der Waals surface area (Å²) >= 11 is 0. The molecule has 21 heavy (non-hydrogen) atoms. The highest BCUT2D eigenvalue weighted by atomic mass is 16.3. The van der Waals surface area contributed by atoms with Crippen LogP contribution in [-0.2, 0) is 0 Å². The number of hydrazone groups is 1. The maximum Gasteiger partial charge on any atom is 0.271 e. The zero-order valence-corrected chi connectivity index (χ0v) is 11.4. The third-order valence-corrected chi connectivity index (χ3v) is 2.82. The first-order valence-electron chi connectivity index (χ1n) is 6.19. The third-order valence-electron chi connectivity index (χ3n) is 2.82. The van der Waals surface area contributed by atoms with Crippen molar-refractivity contribution in [3.05, 3.63) is 53.6 Å². The molecule has 0 atom stereocenters. The first kappa shape index (κ1) is 14.4. The number of anilines is 1. The van der Waals surface area contributed by atoms with E-state index in [9.17, 15) is 15.0 Å². The topological polar surface area (TPSA) is 108 Å². The van der Waals surface area contributed by atoms with E-state index in [-0.39, 0.29) is 17.1 Å². The lowest BCUT2D eigenvalue weighted by molar-refractivity contribution is 0.0954. The molecule has 0 saturated carbocycles. The van der Waals surface area contributed by atoms with Crippen molar-refractivity contribution in [3.8, 4) is 11.5 Å². The Morgan fingerprint density at radius 2 is 1.62 bits per heavy atom. The molecule has 0 unspecified atom stereocenters. The highest BCUT2D eigenvalue weighted by Crippen LogP contribution is 2.20. The quantitative estimate of drug-likeness (QED) is 0.392. The van der Waals surface area contributed by atoms with Crippen LogP contribution in [0.25, 0.3) is 0 Å². The highest BCUT2D eigenvalue weighted by Gasteiger charge is 2.08. The summed E-state index contributed by atoms with van der Waals surface area (Å²) in [6.45, 7) is 1.74. The number of amides is 1. The second-order valence-electron chi connectivity index (χ2n) is 4.50. The summed E-state index contributed by atoms with van der Waals surface area (Å²) < 4.78 is 0. The van der Waals surface area contributed by atoms with Crippen LogP contribution in [0.15, 0.2) is 47.6 Å². The minimum absolute atomic E-state index is 0.112. The Morgan fingerprint density at radius 3 is 2.19 bits per heavy atom. The fraction of sp³-hybridized carbons (Fsp3) is 0.0667. The number of aromatic hydroxyl groups is 2. The molecule has 108 valence electrons. The first-order valence-corrected chi connectivity index (χ1v) is 6.19. The maximum absolute atomic E-state index is 11.9. The van der Waals surface area contributed by atoms with Crippen molar-refractivity contribution >= 4 is 17.3 Å². The van der Waals surface area contributed by atoms with E-state index in [1.807, 2.05) is 0 Å². The molecule has 0 aliphatic carbocycles. The van der Waals surface area contributed by atoms with Crippen molar-refractivity contribution < 1.29 is 15.0 Å². The number of nitrogens with zero attached hydrogens (tertiary/aromatic N) is 1. The van der Waals surface area contributed by atoms with Crippen molar-refractivity contribution in [2.24, 2.45) is 5.10 Å². The molecule has 0 radical (unpaired) electrons. The summed E-state index contributed by atoms with van der Waals surface area (Å²) in [6, 6.07) is 10.7. The molecule has 2 rings (SSSR count). The predicted octanol–water partition coefficient (Wildman–Crippen LogP) is 1.83. The van der Waals surface area contributed by atoms with Gasteiger partial charge in [0, 0.05) is 17.3 Å². The van der Waals surface area contributed by atoms with Crippen molar-refractivity contribution in [2.45, 2.75) is 6.92 Å². The number of phenols is 2. The van der Waals surface area contributed by atoms with E-state index >= 15 is 0 Å². The largest absolute Gasteiger partial charge is 0.508 e. The number of hydrogen-bond donors (Lipinski definition) is 4. The van der Waals surface area contributed by atoms with Crippen LogP contribution in [0.2, 0.25) is 0 Å². The van der Waals surface area contributed by atoms with Gasteiger partial charge in [0.1, 0.15) is 11.5 Å². The minimum atomic E-state index is -0.531. The Morgan fingerprint density at radius 1 is 1.05 bits per heavy atom. The molecule has 0 aliphatic heterocycles. The van der Waals surface area contributed by atoms with Gasteiger partial charge in [-0.05, 0) is 36.8 Å². The Balaban J connectivity index is 2.12. The van der Waals surface area contributed by atoms with Crippen molar-refractivity contribution in [1.82, 2.24) is 5.43 Å². The lowest BCUT2D eigenvalue weighted by Gasteiger charge is -2.04. The summed E-state index contributed by atoms with van der Waals surface area (Å²) in [5.74, 6) is -0.922. The van der Waals surface area contributed by atoms with Crippen LogP contribution in [0.4, 0.5) is 5.69 Å². The summed E-state index contributed by atoms with van der Waals surface area (Å²) in [4.78, 5) is 11.9. The number of phenolic OH excluding ortho intramolecular Hbond substituents is 2. The maximum atomic E-state index is 11.9. The summed E-state index contributed by atoms with van der Waals surface area (Å²) in [6.07, 6.45) is 0. The zero-order chi connectivity index (χ0) is 15.4. The molecule has 0 fully saturated rings. The Hall–Kier alpha value is -3.02. The number of hydrogen-bond acceptors (Lipinski definition) is 5. The van der Waals surface area contributed by atoms with Crippen LogP contribution >= 0.6 is 0 Å². The van der Waals surface area contributed by atoms with Crippen molar-refractivity contribution in [1.29, 1.82) is 0 Å². The lowest BCUT2D eigenvalue weighted by atomic mass is 10.1. The van der Waals surface area contributed by atoms with Crippen LogP contribution in [0.1, 0.15) is 22.8 Å². The van der Waals surface area contributed by atoms with E-state index in [0.29, 0.717) is 11.4 Å². The van der Waals surface area contributed by atoms with Gasteiger partial charge < -0.3 is 15.9 Å². The fourth-order valence-electron chi connectivity index (χ4n) is 1.71. The molecule has 2 aromatic carbocycles. The second-order valence-corrected chi connectivity index (χ2v) is 4.50. The zero-order valence-electron chi connectivity index (χ0n) is 11.4. The molecular weight excluding hydrogens is 270 g/mol. The average molecular weight is 285 g/mol. The average Bonchev–Trinajstić information content (AvgIpc) is 2.44. The smallest absolute Gasteiger partial charge is 0.271 e. The second kappa shape index (κ2) is 5.96. The minimum Gasteiger partial charge on any atom is -0.508 e. The number of nitrogens with one attached hydrogen (secondary N) is 1. The molecule has 2 aromatic rings. The Kier molecular flexibility index (Phi) is 4.08. The van der Waals surface area contributed by atoms with E-state index in [1.54, 1.807) is 31.2 Å². The van der Waals surface area contributed by atoms with Gasteiger partial charge in [0.05, 0.1) is 5.71 Å². The normalized spacial score (nSPS) is 11.2. The van der Waals surface area contributed by atoms with Crippen LogP contribution in [-0.4, -0.2) is 21.8 Å². The Labute approximate surface area is 121 Å². The van der Waals surface area contributed by atoms with Gasteiger partial charge in [-0.2, -0.15) is 5.10 Å². The molecule has 0 aromatic heterocycles. The molecule has 0 bridgehead atoms. The van der Waals surface area contributed by atoms with Crippen LogP contribution < -0.4 is 11.2 Å². The van der Waals surface area contributed by atoms with Gasteiger partial charge in [0.15, 0.2) is 0 Å². The van der Waals surface area contributed by atoms with Gasteiger partial charge in [-0.25, -0.2) is 5.43 Å². The molecule has 0 aliphatic rings. The monoisotopic (exact) mass is 285 g/mol. The van der Waals surface area contributed by atoms with Gasteiger partial charge in [0.25, 0.3) is 5.91 Å². The van der Waals surface area contributed by atoms with E-state index in [1.165, 1.54) is 12.1 Å². The predicted molar refractivity (Wildman–Crippen MR) is 80.3 cm³/mol. The van der Waals surface area contributed by atoms with Gasteiger partial charge in [0.2, 0.25) is 0 Å². The van der Waals surface area contributed by atoms with Gasteiger partial charge in [-0.15, -0.1) is 0 Å². The van der Waals surface area contributed by atoms with Gasteiger partial charge in [-0.1, -0.05) is 12.1 Å². The molecule has 6 nitrogen and oxygen atoms in total. The molecule has 0 saturated heterocycles. The number of carbonyl (C=O) groups excluding carboxylic acids is 1. The molecule has 0 heterocycles. The SMILES string of the molecule is C/C(=N/NC(=O)c1cc(O)cc(O)c1)c1ccc(N)cc1. The number of nitrogens with two attached hydrogens (primary N) is 1. The summed E-state index contributed by atoms with van der Waals surface area (Å²) in [7, 11) is 0. The fourth-order valence-corrected chi connectivity index (χ4v) is 1.71. The summed E-state index contributed by atoms with van der Waals surface area (Å²) in [5.41, 5.74) is 10.1. The molecule has 1 amide bonds. The molecule has 0 spiro atoms. The van der Waals surface area contributed by atoms with Crippen LogP contribution in [0.3, 0.4) is 0 Å². The third kappa shape index (κ3) is 3.73. The highest BCUT2D eigenvalue weighted by molar-refractivity contribution is 6.01. The van der Waals surface area contributed by atoms with Gasteiger partial charge >= 0.3 is 0 Å². The number of carbonyl (C=O) groups is 1. The van der Waals surface area contributed by atoms with Crippen LogP contribution in [0.5, 0.6) is 11.5 Å². The first-order chi connectivity index (χ1) is 9.95. The van der Waals surface area contributed by atoms with Crippen LogP contribution in [0, 0.1) is 0 Å². The van der Waals surface area contributed by atoms with E-state index in [4.69, 9.17) is 5.73 Å². The van der Waals surface area contributed by atoms with E-state index in [2.05, 4.69) is 10.5 Å². The van der Waals surface area contributed by atoms with E-state index in [0.717, 1.165) is 11.6 Å². The lowest BCUT2D eigenvalue weighted by Crippen LogP contribution is -2.19. The van der Waals surface area contributed by atoms with E-state index < -0.39 is 5.91 Å². The van der Waals surface area contributed by atoms with Crippen molar-refractivity contribution in [3.63, 3.8) is 0 Å². The number of nitrogen functional groups attached to an aromatic ring is 1. The molecule has 6 heteroatoms. The van der Waals surface area contributed by atoms with Crippen molar-refractivity contribution in [2.75, 3.05) is 5.73 Å². The number of benzene rings is 2. The molecular formula is C15H15N3O3. The standard InChI is InChI=1S/C15H15N3O3/c1-9(10-2-4-12(16)5-3-10)17-18-15(21)11-6-13(19)8-14(20)7-11/h2-8,19-20H,16H2,1H3,(H,18,21)/b17-9-. The van der Waals surface area contributed by atoms with Gasteiger partial charge in [-0.3, -0.25) is 4.79 Å². The number of rotatable bonds is 3.